The van der Waals surface area contributed by atoms with E-state index in [2.05, 4.69) is 41.5 Å². The molecule has 0 radical (unpaired) electrons. The first kappa shape index (κ1) is 17.6. The lowest BCUT2D eigenvalue weighted by Gasteiger charge is -2.23. The standard InChI is InChI=1S/C18H20N4OS2/c1-3-10-22(18(24)19-14-8-6-13(2)7-9-14)12-16-20-21-17(23-16)15-5-4-11-25-15/h4-9,11H,3,10,12H2,1-2H3,(H,19,24). The molecule has 2 heterocycles. The maximum Gasteiger partial charge on any atom is 0.257 e. The first-order valence-corrected chi connectivity index (χ1v) is 9.43. The van der Waals surface area contributed by atoms with Crippen LogP contribution in [-0.2, 0) is 6.54 Å². The normalized spacial score (nSPS) is 10.6. The fourth-order valence-electron chi connectivity index (χ4n) is 2.34. The molecule has 1 N–H and O–H groups in total. The van der Waals surface area contributed by atoms with Crippen LogP contribution in [-0.4, -0.2) is 26.8 Å². The van der Waals surface area contributed by atoms with Crippen LogP contribution < -0.4 is 5.32 Å². The third-order valence-corrected chi connectivity index (χ3v) is 4.83. The second kappa shape index (κ2) is 8.22. The van der Waals surface area contributed by atoms with Gasteiger partial charge in [-0.05, 0) is 49.1 Å². The molecule has 0 amide bonds. The van der Waals surface area contributed by atoms with Crippen molar-refractivity contribution in [3.8, 4) is 10.8 Å². The fourth-order valence-corrected chi connectivity index (χ4v) is 3.26. The van der Waals surface area contributed by atoms with Crippen LogP contribution in [0.3, 0.4) is 0 Å². The molecule has 130 valence electrons. The molecular weight excluding hydrogens is 352 g/mol. The topological polar surface area (TPSA) is 54.2 Å². The molecule has 1 aromatic carbocycles. The predicted octanol–water partition coefficient (Wildman–Crippen LogP) is 4.72. The van der Waals surface area contributed by atoms with Crippen molar-refractivity contribution < 1.29 is 4.42 Å². The molecular formula is C18H20N4OS2. The number of hydrogen-bond acceptors (Lipinski definition) is 5. The van der Waals surface area contributed by atoms with Crippen LogP contribution in [0.1, 0.15) is 24.8 Å². The highest BCUT2D eigenvalue weighted by molar-refractivity contribution is 7.80. The summed E-state index contributed by atoms with van der Waals surface area (Å²) in [5.41, 5.74) is 2.19. The zero-order chi connectivity index (χ0) is 17.6. The van der Waals surface area contributed by atoms with E-state index in [4.69, 9.17) is 16.6 Å². The molecule has 7 heteroatoms. The monoisotopic (exact) mass is 372 g/mol. The van der Waals surface area contributed by atoms with Crippen molar-refractivity contribution in [3.63, 3.8) is 0 Å². The van der Waals surface area contributed by atoms with Crippen LogP contribution in [0, 0.1) is 6.92 Å². The fraction of sp³-hybridized carbons (Fsp3) is 0.278. The van der Waals surface area contributed by atoms with Gasteiger partial charge in [0.1, 0.15) is 0 Å². The zero-order valence-electron chi connectivity index (χ0n) is 14.2. The van der Waals surface area contributed by atoms with Crippen molar-refractivity contribution in [2.75, 3.05) is 11.9 Å². The number of aromatic nitrogens is 2. The Hall–Kier alpha value is -2.25. The maximum atomic E-state index is 5.78. The Morgan fingerprint density at radius 2 is 2.04 bits per heavy atom. The van der Waals surface area contributed by atoms with Crippen LogP contribution in [0.4, 0.5) is 5.69 Å². The summed E-state index contributed by atoms with van der Waals surface area (Å²) >= 11 is 7.15. The van der Waals surface area contributed by atoms with E-state index in [1.54, 1.807) is 11.3 Å². The van der Waals surface area contributed by atoms with Gasteiger partial charge in [-0.3, -0.25) is 0 Å². The van der Waals surface area contributed by atoms with Gasteiger partial charge in [-0.1, -0.05) is 30.7 Å². The number of nitrogens with one attached hydrogen (secondary N) is 1. The minimum Gasteiger partial charge on any atom is -0.418 e. The molecule has 0 bridgehead atoms. The van der Waals surface area contributed by atoms with Gasteiger partial charge in [0, 0.05) is 12.2 Å². The van der Waals surface area contributed by atoms with Crippen LogP contribution in [0.25, 0.3) is 10.8 Å². The summed E-state index contributed by atoms with van der Waals surface area (Å²) in [6, 6.07) is 12.1. The third-order valence-electron chi connectivity index (χ3n) is 3.61. The van der Waals surface area contributed by atoms with Gasteiger partial charge in [0.15, 0.2) is 5.11 Å². The van der Waals surface area contributed by atoms with Gasteiger partial charge in [0.25, 0.3) is 5.89 Å². The molecule has 25 heavy (non-hydrogen) atoms. The summed E-state index contributed by atoms with van der Waals surface area (Å²) in [5, 5.41) is 14.2. The number of aryl methyl sites for hydroxylation is 1. The number of rotatable bonds is 6. The van der Waals surface area contributed by atoms with Crippen molar-refractivity contribution in [2.24, 2.45) is 0 Å². The summed E-state index contributed by atoms with van der Waals surface area (Å²) in [6.07, 6.45) is 0.974. The van der Waals surface area contributed by atoms with Gasteiger partial charge in [-0.25, -0.2) is 0 Å². The molecule has 3 aromatic rings. The predicted molar refractivity (Wildman–Crippen MR) is 106 cm³/mol. The minimum absolute atomic E-state index is 0.490. The zero-order valence-corrected chi connectivity index (χ0v) is 15.9. The molecule has 2 aromatic heterocycles. The Balaban J connectivity index is 1.68. The Kier molecular flexibility index (Phi) is 5.78. The van der Waals surface area contributed by atoms with Crippen molar-refractivity contribution >= 4 is 34.4 Å². The number of thiophene rings is 1. The van der Waals surface area contributed by atoms with E-state index in [-0.39, 0.29) is 0 Å². The van der Waals surface area contributed by atoms with Gasteiger partial charge in [-0.15, -0.1) is 21.5 Å². The third kappa shape index (κ3) is 4.64. The van der Waals surface area contributed by atoms with Gasteiger partial charge >= 0.3 is 0 Å². The maximum absolute atomic E-state index is 5.78. The SMILES string of the molecule is CCCN(Cc1nnc(-c2cccs2)o1)C(=S)Nc1ccc(C)cc1. The van der Waals surface area contributed by atoms with Crippen LogP contribution in [0.15, 0.2) is 46.2 Å². The van der Waals surface area contributed by atoms with E-state index in [0.29, 0.717) is 23.4 Å². The highest BCUT2D eigenvalue weighted by atomic mass is 32.1. The van der Waals surface area contributed by atoms with E-state index >= 15 is 0 Å². The molecule has 0 aliphatic rings. The Bertz CT molecular complexity index is 812. The van der Waals surface area contributed by atoms with Gasteiger partial charge in [0.05, 0.1) is 11.4 Å². The Labute approximate surface area is 156 Å². The summed E-state index contributed by atoms with van der Waals surface area (Å²) < 4.78 is 5.78. The molecule has 0 aliphatic heterocycles. The summed E-state index contributed by atoms with van der Waals surface area (Å²) in [5.74, 6) is 1.11. The molecule has 0 aliphatic carbocycles. The smallest absolute Gasteiger partial charge is 0.257 e. The minimum atomic E-state index is 0.490. The van der Waals surface area contributed by atoms with Crippen LogP contribution in [0.2, 0.25) is 0 Å². The molecule has 0 atom stereocenters. The van der Waals surface area contributed by atoms with Crippen LogP contribution in [0.5, 0.6) is 0 Å². The van der Waals surface area contributed by atoms with Crippen molar-refractivity contribution in [1.29, 1.82) is 0 Å². The summed E-state index contributed by atoms with van der Waals surface area (Å²) in [4.78, 5) is 3.02. The first-order valence-electron chi connectivity index (χ1n) is 8.14. The summed E-state index contributed by atoms with van der Waals surface area (Å²) in [7, 11) is 0. The number of anilines is 1. The molecule has 5 nitrogen and oxygen atoms in total. The largest absolute Gasteiger partial charge is 0.418 e. The van der Waals surface area contributed by atoms with Crippen molar-refractivity contribution in [2.45, 2.75) is 26.8 Å². The average molecular weight is 373 g/mol. The lowest BCUT2D eigenvalue weighted by molar-refractivity contribution is 0.359. The van der Waals surface area contributed by atoms with Gasteiger partial charge in [0.2, 0.25) is 5.89 Å². The van der Waals surface area contributed by atoms with Crippen molar-refractivity contribution in [1.82, 2.24) is 15.1 Å². The average Bonchev–Trinajstić information content (AvgIpc) is 3.27. The van der Waals surface area contributed by atoms with Crippen LogP contribution >= 0.6 is 23.6 Å². The second-order valence-corrected chi connectivity index (χ2v) is 7.03. The molecule has 3 rings (SSSR count). The summed E-state index contributed by atoms with van der Waals surface area (Å²) in [6.45, 7) is 5.48. The van der Waals surface area contributed by atoms with Gasteiger partial charge in [-0.2, -0.15) is 0 Å². The Morgan fingerprint density at radius 3 is 2.72 bits per heavy atom. The van der Waals surface area contributed by atoms with E-state index in [1.807, 2.05) is 34.5 Å². The molecule has 0 fully saturated rings. The molecule has 0 saturated heterocycles. The number of hydrogen-bond donors (Lipinski definition) is 1. The first-order chi connectivity index (χ1) is 12.2. The van der Waals surface area contributed by atoms with Crippen molar-refractivity contribution in [3.05, 3.63) is 53.2 Å². The van der Waals surface area contributed by atoms with Gasteiger partial charge < -0.3 is 14.6 Å². The number of benzene rings is 1. The molecule has 0 saturated carbocycles. The lowest BCUT2D eigenvalue weighted by atomic mass is 10.2. The highest BCUT2D eigenvalue weighted by Gasteiger charge is 2.15. The molecule has 0 spiro atoms. The second-order valence-electron chi connectivity index (χ2n) is 5.70. The van der Waals surface area contributed by atoms with E-state index < -0.39 is 0 Å². The lowest BCUT2D eigenvalue weighted by Crippen LogP contribution is -2.35. The highest BCUT2D eigenvalue weighted by Crippen LogP contribution is 2.23. The Morgan fingerprint density at radius 1 is 1.24 bits per heavy atom. The number of thiocarbonyl (C=S) groups is 1. The molecule has 0 unspecified atom stereocenters. The number of nitrogens with zero attached hydrogens (tertiary/aromatic N) is 3. The van der Waals surface area contributed by atoms with E-state index in [9.17, 15) is 0 Å². The van der Waals surface area contributed by atoms with E-state index in [0.717, 1.165) is 23.5 Å². The quantitative estimate of drug-likeness (QED) is 0.632. The van der Waals surface area contributed by atoms with E-state index in [1.165, 1.54) is 5.56 Å².